The first-order chi connectivity index (χ1) is 18.4. The lowest BCUT2D eigenvalue weighted by Gasteiger charge is -2.55. The molecule has 6 heteroatoms. The van der Waals surface area contributed by atoms with Crippen LogP contribution in [0.2, 0.25) is 0 Å². The van der Waals surface area contributed by atoms with E-state index in [0.29, 0.717) is 29.7 Å². The van der Waals surface area contributed by atoms with E-state index in [1.54, 1.807) is 12.1 Å². The number of H-pyrrole nitrogens is 1. The fourth-order valence-corrected chi connectivity index (χ4v) is 7.66. The first-order valence-electron chi connectivity index (χ1n) is 14.1. The molecule has 7 rings (SSSR count). The zero-order valence-electron chi connectivity index (χ0n) is 22.0. The van der Waals surface area contributed by atoms with Crippen molar-refractivity contribution in [2.24, 2.45) is 23.2 Å². The topological polar surface area (TPSA) is 88.3 Å². The van der Waals surface area contributed by atoms with Crippen LogP contribution in [-0.4, -0.2) is 35.3 Å². The van der Waals surface area contributed by atoms with E-state index in [-0.39, 0.29) is 23.7 Å². The molecule has 1 heterocycles. The highest BCUT2D eigenvalue weighted by Crippen LogP contribution is 2.60. The van der Waals surface area contributed by atoms with Gasteiger partial charge >= 0.3 is 5.97 Å². The van der Waals surface area contributed by atoms with Crippen LogP contribution in [0.15, 0.2) is 54.7 Å². The molecule has 198 valence electrons. The molecule has 4 aliphatic rings. The number of carbonyl (C=O) groups is 3. The standard InChI is InChI=1S/C32H36N2O4/c1-2-20-7-9-24(10-8-20)29(35)19-38-30(36)28(14-25-18-33-27-6-4-3-5-26(25)27)34-31(37)32-15-21-11-22(16-32)13-23(12-21)17-32/h3-10,18,21-23,28,33H,2,11-17,19H2,1H3,(H,34,37)/t21?,22?,23?,28-,32?/m0/s1. The van der Waals surface area contributed by atoms with E-state index in [2.05, 4.69) is 17.2 Å². The Balaban J connectivity index is 1.19. The number of rotatable bonds is 9. The Kier molecular flexibility index (Phi) is 6.58. The minimum absolute atomic E-state index is 0.0140. The van der Waals surface area contributed by atoms with Crippen molar-refractivity contribution in [3.63, 3.8) is 0 Å². The number of fused-ring (bicyclic) bond motifs is 1. The molecule has 6 nitrogen and oxygen atoms in total. The van der Waals surface area contributed by atoms with Crippen LogP contribution >= 0.6 is 0 Å². The van der Waals surface area contributed by atoms with Gasteiger partial charge in [-0.25, -0.2) is 4.79 Å². The number of hydrogen-bond donors (Lipinski definition) is 2. The summed E-state index contributed by atoms with van der Waals surface area (Å²) in [5.41, 5.74) is 3.21. The number of Topliss-reactive ketones (excluding diaryl/α,β-unsaturated/α-hetero) is 1. The molecule has 4 bridgehead atoms. The van der Waals surface area contributed by atoms with Crippen molar-refractivity contribution in [3.05, 3.63) is 71.4 Å². The molecule has 0 spiro atoms. The molecule has 4 aliphatic carbocycles. The largest absolute Gasteiger partial charge is 0.456 e. The van der Waals surface area contributed by atoms with E-state index in [1.165, 1.54) is 19.3 Å². The second kappa shape index (κ2) is 10.0. The Morgan fingerprint density at radius 3 is 2.29 bits per heavy atom. The Hall–Kier alpha value is -3.41. The molecule has 38 heavy (non-hydrogen) atoms. The Morgan fingerprint density at radius 1 is 0.974 bits per heavy atom. The van der Waals surface area contributed by atoms with Crippen LogP contribution in [0, 0.1) is 23.2 Å². The number of ketones is 1. The highest BCUT2D eigenvalue weighted by molar-refractivity contribution is 5.98. The third-order valence-corrected chi connectivity index (χ3v) is 9.24. The number of hydrogen-bond acceptors (Lipinski definition) is 4. The number of aromatic amines is 1. The van der Waals surface area contributed by atoms with Gasteiger partial charge in [-0.05, 0) is 79.9 Å². The van der Waals surface area contributed by atoms with Crippen molar-refractivity contribution < 1.29 is 19.1 Å². The van der Waals surface area contributed by atoms with E-state index in [0.717, 1.165) is 47.7 Å². The average molecular weight is 513 g/mol. The average Bonchev–Trinajstić information content (AvgIpc) is 3.33. The molecule has 0 unspecified atom stereocenters. The van der Waals surface area contributed by atoms with E-state index in [9.17, 15) is 14.4 Å². The van der Waals surface area contributed by atoms with Crippen LogP contribution in [0.5, 0.6) is 0 Å². The quantitative estimate of drug-likeness (QED) is 0.297. The number of amides is 1. The summed E-state index contributed by atoms with van der Waals surface area (Å²) in [6, 6.07) is 14.4. The molecule has 1 atom stereocenters. The van der Waals surface area contributed by atoms with Crippen LogP contribution in [-0.2, 0) is 27.2 Å². The Morgan fingerprint density at radius 2 is 1.63 bits per heavy atom. The smallest absolute Gasteiger partial charge is 0.329 e. The zero-order chi connectivity index (χ0) is 26.3. The minimum Gasteiger partial charge on any atom is -0.456 e. The van der Waals surface area contributed by atoms with Crippen molar-refractivity contribution >= 4 is 28.6 Å². The van der Waals surface area contributed by atoms with Gasteiger partial charge in [0.15, 0.2) is 12.4 Å². The van der Waals surface area contributed by atoms with E-state index in [1.807, 2.05) is 42.6 Å². The number of esters is 1. The number of aryl methyl sites for hydroxylation is 1. The summed E-state index contributed by atoms with van der Waals surface area (Å²) in [4.78, 5) is 43.2. The van der Waals surface area contributed by atoms with Gasteiger partial charge < -0.3 is 15.0 Å². The molecular weight excluding hydrogens is 476 g/mol. The highest BCUT2D eigenvalue weighted by Gasteiger charge is 2.55. The number of nitrogens with one attached hydrogen (secondary N) is 2. The van der Waals surface area contributed by atoms with Crippen molar-refractivity contribution in [2.45, 2.75) is 64.3 Å². The van der Waals surface area contributed by atoms with Gasteiger partial charge in [-0.15, -0.1) is 0 Å². The number of ether oxygens (including phenoxy) is 1. The second-order valence-corrected chi connectivity index (χ2v) is 11.9. The van der Waals surface area contributed by atoms with E-state index in [4.69, 9.17) is 4.74 Å². The summed E-state index contributed by atoms with van der Waals surface area (Å²) in [7, 11) is 0. The molecule has 2 N–H and O–H groups in total. The third kappa shape index (κ3) is 4.77. The normalized spacial score (nSPS) is 26.3. The lowest BCUT2D eigenvalue weighted by molar-refractivity contribution is -0.153. The summed E-state index contributed by atoms with van der Waals surface area (Å²) in [6.07, 6.45) is 9.59. The molecule has 1 aromatic heterocycles. The maximum atomic E-state index is 13.8. The first kappa shape index (κ1) is 24.9. The summed E-state index contributed by atoms with van der Waals surface area (Å²) >= 11 is 0. The summed E-state index contributed by atoms with van der Waals surface area (Å²) in [5.74, 6) is 1.05. The summed E-state index contributed by atoms with van der Waals surface area (Å²) in [6.45, 7) is 1.71. The van der Waals surface area contributed by atoms with Gasteiger partial charge in [-0.2, -0.15) is 0 Å². The molecular formula is C32H36N2O4. The molecule has 4 fully saturated rings. The molecule has 2 aromatic carbocycles. The lowest BCUT2D eigenvalue weighted by atomic mass is 9.49. The van der Waals surface area contributed by atoms with Crippen LogP contribution in [0.25, 0.3) is 10.9 Å². The SMILES string of the molecule is CCc1ccc(C(=O)COC(=O)[C@H](Cc2c[nH]c3ccccc23)NC(=O)C23CC4CC(CC(C4)C2)C3)cc1. The molecule has 0 radical (unpaired) electrons. The van der Waals surface area contributed by atoms with Crippen molar-refractivity contribution in [1.82, 2.24) is 10.3 Å². The van der Waals surface area contributed by atoms with Crippen molar-refractivity contribution in [3.8, 4) is 0 Å². The lowest BCUT2D eigenvalue weighted by Crippen LogP contribution is -2.56. The summed E-state index contributed by atoms with van der Waals surface area (Å²) < 4.78 is 5.54. The minimum atomic E-state index is -0.857. The molecule has 4 saturated carbocycles. The first-order valence-corrected chi connectivity index (χ1v) is 14.1. The van der Waals surface area contributed by atoms with E-state index < -0.39 is 12.0 Å². The maximum absolute atomic E-state index is 13.8. The van der Waals surface area contributed by atoms with Crippen molar-refractivity contribution in [1.29, 1.82) is 0 Å². The van der Waals surface area contributed by atoms with Gasteiger partial charge in [0, 0.05) is 34.5 Å². The summed E-state index contributed by atoms with van der Waals surface area (Å²) in [5, 5.41) is 4.13. The van der Waals surface area contributed by atoms with E-state index >= 15 is 0 Å². The van der Waals surface area contributed by atoms with Crippen molar-refractivity contribution in [2.75, 3.05) is 6.61 Å². The number of para-hydroxylation sites is 1. The molecule has 3 aromatic rings. The van der Waals surface area contributed by atoms with Crippen LogP contribution in [0.4, 0.5) is 0 Å². The fourth-order valence-electron chi connectivity index (χ4n) is 7.66. The van der Waals surface area contributed by atoms with Gasteiger partial charge in [0.1, 0.15) is 6.04 Å². The fraction of sp³-hybridized carbons (Fsp3) is 0.469. The van der Waals surface area contributed by atoms with Gasteiger partial charge in [0.2, 0.25) is 5.91 Å². The zero-order valence-corrected chi connectivity index (χ0v) is 22.0. The monoisotopic (exact) mass is 512 g/mol. The Bertz CT molecular complexity index is 1320. The molecule has 0 saturated heterocycles. The predicted molar refractivity (Wildman–Crippen MR) is 146 cm³/mol. The van der Waals surface area contributed by atoms with Gasteiger partial charge in [-0.3, -0.25) is 9.59 Å². The molecule has 1 amide bonds. The van der Waals surface area contributed by atoms with Gasteiger partial charge in [-0.1, -0.05) is 49.4 Å². The second-order valence-electron chi connectivity index (χ2n) is 11.9. The maximum Gasteiger partial charge on any atom is 0.329 e. The Labute approximate surface area is 223 Å². The third-order valence-electron chi connectivity index (χ3n) is 9.24. The van der Waals surface area contributed by atoms with Crippen LogP contribution in [0.3, 0.4) is 0 Å². The number of carbonyl (C=O) groups excluding carboxylic acids is 3. The van der Waals surface area contributed by atoms with Crippen LogP contribution < -0.4 is 5.32 Å². The number of benzene rings is 2. The van der Waals surface area contributed by atoms with Gasteiger partial charge in [0.05, 0.1) is 0 Å². The molecule has 0 aliphatic heterocycles. The van der Waals surface area contributed by atoms with Crippen LogP contribution in [0.1, 0.15) is 66.9 Å². The van der Waals surface area contributed by atoms with Gasteiger partial charge in [0.25, 0.3) is 0 Å². The predicted octanol–water partition coefficient (Wildman–Crippen LogP) is 5.40. The highest BCUT2D eigenvalue weighted by atomic mass is 16.5. The number of aromatic nitrogens is 1.